The Morgan fingerprint density at radius 3 is 2.68 bits per heavy atom. The van der Waals surface area contributed by atoms with Gasteiger partial charge in [-0.15, -0.1) is 11.8 Å². The third kappa shape index (κ3) is 5.28. The smallest absolute Gasteiger partial charge is 0.352 e. The minimum absolute atomic E-state index is 0.0314. The Morgan fingerprint density at radius 2 is 2.03 bits per heavy atom. The molecular weight excluding hydrogens is 510 g/mol. The lowest BCUT2D eigenvalue weighted by Crippen LogP contribution is -2.70. The van der Waals surface area contributed by atoms with Crippen LogP contribution in [0.5, 0.6) is 5.75 Å². The maximum absolute atomic E-state index is 12.7. The maximum Gasteiger partial charge on any atom is 0.352 e. The van der Waals surface area contributed by atoms with Crippen LogP contribution >= 0.6 is 11.8 Å². The van der Waals surface area contributed by atoms with Gasteiger partial charge in [0.05, 0.1) is 4.92 Å². The summed E-state index contributed by atoms with van der Waals surface area (Å²) in [5.74, 6) is -2.35. The molecular formula is C23H21N3O10S. The zero-order valence-corrected chi connectivity index (χ0v) is 20.4. The Balaban J connectivity index is 1.37. The Hall–Kier alpha value is -4.33. The first-order valence-corrected chi connectivity index (χ1v) is 11.9. The molecule has 2 aliphatic rings. The second kappa shape index (κ2) is 10.3. The number of amides is 2. The highest BCUT2D eigenvalue weighted by Gasteiger charge is 2.54. The average Bonchev–Trinajstić information content (AvgIpc) is 3.32. The fraction of sp³-hybridized carbons (Fsp3) is 0.304. The van der Waals surface area contributed by atoms with Crippen molar-refractivity contribution >= 4 is 41.2 Å². The first-order chi connectivity index (χ1) is 17.6. The highest BCUT2D eigenvalue weighted by molar-refractivity contribution is 8.00. The number of nitro groups is 1. The molecule has 0 aliphatic carbocycles. The zero-order chi connectivity index (χ0) is 26.9. The van der Waals surface area contributed by atoms with Crippen LogP contribution in [0.4, 0.5) is 5.69 Å². The van der Waals surface area contributed by atoms with Gasteiger partial charge in [0.2, 0.25) is 0 Å². The number of benzene rings is 1. The van der Waals surface area contributed by atoms with Crippen LogP contribution in [0.3, 0.4) is 0 Å². The Bertz CT molecular complexity index is 1330. The van der Waals surface area contributed by atoms with Gasteiger partial charge >= 0.3 is 11.9 Å². The van der Waals surface area contributed by atoms with E-state index in [0.29, 0.717) is 22.6 Å². The van der Waals surface area contributed by atoms with Crippen molar-refractivity contribution < 1.29 is 43.1 Å². The molecule has 0 radical (unpaired) electrons. The molecule has 2 N–H and O–H groups in total. The predicted octanol–water partition coefficient (Wildman–Crippen LogP) is 1.99. The average molecular weight is 531 g/mol. The van der Waals surface area contributed by atoms with Crippen molar-refractivity contribution in [3.05, 3.63) is 68.8 Å². The van der Waals surface area contributed by atoms with Gasteiger partial charge in [-0.25, -0.2) is 4.79 Å². The van der Waals surface area contributed by atoms with Crippen molar-refractivity contribution in [2.24, 2.45) is 0 Å². The molecule has 2 atom stereocenters. The maximum atomic E-state index is 12.7. The first kappa shape index (κ1) is 25.8. The van der Waals surface area contributed by atoms with Crippen LogP contribution in [0, 0.1) is 17.0 Å². The minimum atomic E-state index is -1.33. The lowest BCUT2D eigenvalue weighted by molar-refractivity contribution is -0.385. The largest absolute Gasteiger partial charge is 0.486 e. The summed E-state index contributed by atoms with van der Waals surface area (Å²) in [6.45, 7) is 2.50. The van der Waals surface area contributed by atoms with Gasteiger partial charge in [0.1, 0.15) is 41.8 Å². The predicted molar refractivity (Wildman–Crippen MR) is 127 cm³/mol. The van der Waals surface area contributed by atoms with Crippen LogP contribution in [0.1, 0.15) is 28.8 Å². The number of esters is 1. The molecule has 0 bridgehead atoms. The van der Waals surface area contributed by atoms with Gasteiger partial charge in [-0.2, -0.15) is 0 Å². The van der Waals surface area contributed by atoms with Gasteiger partial charge in [0, 0.05) is 29.9 Å². The number of nitrogens with one attached hydrogen (secondary N) is 1. The van der Waals surface area contributed by atoms with E-state index >= 15 is 0 Å². The number of furan rings is 1. The summed E-state index contributed by atoms with van der Waals surface area (Å²) < 4.78 is 16.0. The van der Waals surface area contributed by atoms with Crippen molar-refractivity contribution in [3.63, 3.8) is 0 Å². The second-order valence-electron chi connectivity index (χ2n) is 8.16. The summed E-state index contributed by atoms with van der Waals surface area (Å²) in [5.41, 5.74) is 0.442. The summed E-state index contributed by atoms with van der Waals surface area (Å²) in [6.07, 6.45) is 0. The molecule has 2 amide bonds. The molecule has 14 heteroatoms. The molecule has 0 spiro atoms. The molecule has 2 unspecified atom stereocenters. The van der Waals surface area contributed by atoms with Gasteiger partial charge in [-0.05, 0) is 31.2 Å². The third-order valence-electron chi connectivity index (χ3n) is 5.62. The van der Waals surface area contributed by atoms with Crippen molar-refractivity contribution in [2.75, 3.05) is 12.4 Å². The number of ether oxygens (including phenoxy) is 2. The van der Waals surface area contributed by atoms with E-state index in [4.69, 9.17) is 13.9 Å². The molecule has 1 fully saturated rings. The molecule has 37 heavy (non-hydrogen) atoms. The molecule has 194 valence electrons. The van der Waals surface area contributed by atoms with E-state index in [1.807, 2.05) is 0 Å². The van der Waals surface area contributed by atoms with E-state index in [1.54, 1.807) is 6.92 Å². The normalized spacial score (nSPS) is 18.5. The number of nitro benzene ring substituents is 1. The van der Waals surface area contributed by atoms with Crippen LogP contribution in [0.15, 0.2) is 46.0 Å². The number of rotatable bonds is 9. The SMILES string of the molecule is CC(=O)OCC1=C(C(=O)O)N2C(=O)C(NC(=O)c3ccc(COc4ccc([N+](=O)[O-])c(C)c4)o3)C2SC1. The van der Waals surface area contributed by atoms with Crippen molar-refractivity contribution in [2.45, 2.75) is 31.9 Å². The highest BCUT2D eigenvalue weighted by Crippen LogP contribution is 2.40. The number of carbonyl (C=O) groups excluding carboxylic acids is 3. The number of hydrogen-bond acceptors (Lipinski definition) is 10. The van der Waals surface area contributed by atoms with Gasteiger partial charge < -0.3 is 24.3 Å². The summed E-state index contributed by atoms with van der Waals surface area (Å²) in [4.78, 5) is 59.8. The first-order valence-electron chi connectivity index (χ1n) is 10.9. The monoisotopic (exact) mass is 531 g/mol. The summed E-state index contributed by atoms with van der Waals surface area (Å²) >= 11 is 1.24. The molecule has 1 aromatic carbocycles. The van der Waals surface area contributed by atoms with Crippen molar-refractivity contribution in [1.29, 1.82) is 0 Å². The van der Waals surface area contributed by atoms with Crippen molar-refractivity contribution in [1.82, 2.24) is 10.2 Å². The molecule has 1 aromatic heterocycles. The minimum Gasteiger partial charge on any atom is -0.486 e. The molecule has 4 rings (SSSR count). The topological polar surface area (TPSA) is 179 Å². The summed E-state index contributed by atoms with van der Waals surface area (Å²) in [6, 6.07) is 6.26. The second-order valence-corrected chi connectivity index (χ2v) is 9.26. The third-order valence-corrected chi connectivity index (χ3v) is 6.96. The number of aryl methyl sites for hydroxylation is 1. The van der Waals surface area contributed by atoms with E-state index in [0.717, 1.165) is 4.90 Å². The molecule has 2 aromatic rings. The van der Waals surface area contributed by atoms with Gasteiger partial charge in [-0.3, -0.25) is 29.4 Å². The van der Waals surface area contributed by atoms with E-state index in [-0.39, 0.29) is 36.1 Å². The number of carboxylic acid groups (broad SMARTS) is 1. The van der Waals surface area contributed by atoms with Crippen LogP contribution in [0.2, 0.25) is 0 Å². The Labute approximate surface area is 213 Å². The van der Waals surface area contributed by atoms with Gasteiger partial charge in [0.25, 0.3) is 17.5 Å². The molecule has 1 saturated heterocycles. The highest BCUT2D eigenvalue weighted by atomic mass is 32.2. The number of thioether (sulfide) groups is 1. The zero-order valence-electron chi connectivity index (χ0n) is 19.6. The molecule has 13 nitrogen and oxygen atoms in total. The molecule has 0 saturated carbocycles. The lowest BCUT2D eigenvalue weighted by atomic mass is 10.0. The van der Waals surface area contributed by atoms with Gasteiger partial charge in [0.15, 0.2) is 5.76 Å². The number of hydrogen-bond donors (Lipinski definition) is 2. The van der Waals surface area contributed by atoms with E-state index in [2.05, 4.69) is 5.32 Å². The summed E-state index contributed by atoms with van der Waals surface area (Å²) in [7, 11) is 0. The van der Waals surface area contributed by atoms with Gasteiger partial charge in [-0.1, -0.05) is 0 Å². The standard InChI is InChI=1S/C23H21N3O10S/c1-11-7-14(3-5-16(11)26(32)33)35-9-15-4-6-17(36-15)20(28)24-18-21(29)25-19(23(30)31)13(8-34-12(2)27)10-37-22(18)25/h3-7,18,22H,8-10H2,1-2H3,(H,24,28)(H,30,31). The number of nitrogens with zero attached hydrogens (tertiary/aromatic N) is 2. The van der Waals surface area contributed by atoms with Crippen LogP contribution in [-0.4, -0.2) is 62.5 Å². The Morgan fingerprint density at radius 1 is 1.27 bits per heavy atom. The fourth-order valence-electron chi connectivity index (χ4n) is 3.85. The number of aliphatic carboxylic acids is 1. The van der Waals surface area contributed by atoms with E-state index < -0.39 is 40.1 Å². The number of β-lactam (4-membered cyclic amide) rings is 1. The van der Waals surface area contributed by atoms with Crippen LogP contribution in [-0.2, 0) is 25.7 Å². The molecule has 2 aliphatic heterocycles. The number of fused-ring (bicyclic) bond motifs is 1. The van der Waals surface area contributed by atoms with E-state index in [9.17, 15) is 34.4 Å². The Kier molecular flexibility index (Phi) is 7.20. The number of carboxylic acids is 1. The number of carbonyl (C=O) groups is 4. The fourth-order valence-corrected chi connectivity index (χ4v) is 5.18. The molecule has 3 heterocycles. The quantitative estimate of drug-likeness (QED) is 0.209. The van der Waals surface area contributed by atoms with Crippen LogP contribution < -0.4 is 10.1 Å². The summed E-state index contributed by atoms with van der Waals surface area (Å²) in [5, 5.41) is 22.5. The van der Waals surface area contributed by atoms with Crippen molar-refractivity contribution in [3.8, 4) is 5.75 Å². The lowest BCUT2D eigenvalue weighted by Gasteiger charge is -2.49. The van der Waals surface area contributed by atoms with Crippen LogP contribution in [0.25, 0.3) is 0 Å². The van der Waals surface area contributed by atoms with E-state index in [1.165, 1.54) is 49.0 Å².